The Bertz CT molecular complexity index is 527. The lowest BCUT2D eigenvalue weighted by molar-refractivity contribution is -0.143. The predicted molar refractivity (Wildman–Crippen MR) is 69.3 cm³/mol. The van der Waals surface area contributed by atoms with Gasteiger partial charge in [0.2, 0.25) is 0 Å². The normalized spacial score (nSPS) is 19.5. The first-order valence-corrected chi connectivity index (χ1v) is 6.54. The van der Waals surface area contributed by atoms with Gasteiger partial charge in [-0.15, -0.1) is 0 Å². The number of likely N-dealkylation sites (tertiary alicyclic amines) is 1. The number of carbonyl (C=O) groups is 2. The zero-order chi connectivity index (χ0) is 14.2. The molecular weight excluding hydrogens is 270 g/mol. The zero-order valence-electron chi connectivity index (χ0n) is 10.9. The molecule has 1 aromatic heterocycles. The Morgan fingerprint density at radius 3 is 2.63 bits per heavy atom. The van der Waals surface area contributed by atoms with E-state index in [0.29, 0.717) is 23.7 Å². The molecule has 0 aliphatic carbocycles. The number of hydrogen-bond donors (Lipinski definition) is 1. The summed E-state index contributed by atoms with van der Waals surface area (Å²) in [6.07, 6.45) is 2.10. The van der Waals surface area contributed by atoms with E-state index in [1.807, 2.05) is 0 Å². The number of aliphatic carboxylic acids is 1. The molecule has 1 unspecified atom stereocenters. The van der Waals surface area contributed by atoms with Gasteiger partial charge in [-0.2, -0.15) is 5.10 Å². The number of piperidine rings is 1. The number of nitrogens with zero attached hydrogens (tertiary/aromatic N) is 3. The quantitative estimate of drug-likeness (QED) is 0.892. The van der Waals surface area contributed by atoms with Crippen LogP contribution in [0.3, 0.4) is 0 Å². The maximum atomic E-state index is 12.4. The number of aryl methyl sites for hydroxylation is 1. The summed E-state index contributed by atoms with van der Waals surface area (Å²) in [6.45, 7) is 2.19. The fourth-order valence-electron chi connectivity index (χ4n) is 2.29. The Hall–Kier alpha value is -1.56. The molecule has 0 radical (unpaired) electrons. The highest BCUT2D eigenvalue weighted by molar-refractivity contribution is 6.34. The number of halogens is 1. The van der Waals surface area contributed by atoms with E-state index in [4.69, 9.17) is 11.6 Å². The molecule has 0 aromatic carbocycles. The fourth-order valence-corrected chi connectivity index (χ4v) is 2.53. The summed E-state index contributed by atoms with van der Waals surface area (Å²) in [5.41, 5.74) is 0.823. The van der Waals surface area contributed by atoms with Crippen molar-refractivity contribution < 1.29 is 14.7 Å². The molecular formula is C12H16ClN3O3. The Morgan fingerprint density at radius 1 is 1.42 bits per heavy atom. The first kappa shape index (κ1) is 13.9. The van der Waals surface area contributed by atoms with Crippen LogP contribution in [0.1, 0.15) is 35.4 Å². The fraction of sp³-hybridized carbons (Fsp3) is 0.583. The van der Waals surface area contributed by atoms with Gasteiger partial charge in [-0.25, -0.2) is 4.79 Å². The molecule has 0 spiro atoms. The smallest absolute Gasteiger partial charge is 0.326 e. The first-order chi connectivity index (χ1) is 8.93. The van der Waals surface area contributed by atoms with Crippen LogP contribution in [0, 0.1) is 6.92 Å². The highest BCUT2D eigenvalue weighted by Crippen LogP contribution is 2.24. The molecule has 2 rings (SSSR count). The standard InChI is InChI=1S/C12H16ClN3O3/c1-7-9(13)10(14-15(7)2)11(17)16-6-4-3-5-8(16)12(18)19/h8H,3-6H2,1-2H3,(H,18,19). The van der Waals surface area contributed by atoms with Crippen LogP contribution in [-0.4, -0.2) is 44.3 Å². The number of amides is 1. The second-order valence-corrected chi connectivity index (χ2v) is 5.10. The van der Waals surface area contributed by atoms with Crippen LogP contribution in [0.2, 0.25) is 5.02 Å². The van der Waals surface area contributed by atoms with Gasteiger partial charge in [-0.1, -0.05) is 11.6 Å². The van der Waals surface area contributed by atoms with E-state index in [2.05, 4.69) is 5.10 Å². The molecule has 6 nitrogen and oxygen atoms in total. The van der Waals surface area contributed by atoms with Crippen LogP contribution in [-0.2, 0) is 11.8 Å². The molecule has 1 fully saturated rings. The average molecular weight is 286 g/mol. The van der Waals surface area contributed by atoms with Crippen molar-refractivity contribution in [2.75, 3.05) is 6.54 Å². The van der Waals surface area contributed by atoms with E-state index in [0.717, 1.165) is 12.8 Å². The monoisotopic (exact) mass is 285 g/mol. The molecule has 1 amide bonds. The van der Waals surface area contributed by atoms with Crippen LogP contribution in [0.4, 0.5) is 0 Å². The molecule has 104 valence electrons. The molecule has 1 N–H and O–H groups in total. The number of carboxylic acid groups (broad SMARTS) is 1. The number of hydrogen-bond acceptors (Lipinski definition) is 3. The lowest BCUT2D eigenvalue weighted by Gasteiger charge is -2.32. The summed E-state index contributed by atoms with van der Waals surface area (Å²) in [5.74, 6) is -1.38. The van der Waals surface area contributed by atoms with E-state index >= 15 is 0 Å². The van der Waals surface area contributed by atoms with Crippen LogP contribution >= 0.6 is 11.6 Å². The van der Waals surface area contributed by atoms with Crippen molar-refractivity contribution in [1.29, 1.82) is 0 Å². The highest BCUT2D eigenvalue weighted by atomic mass is 35.5. The Morgan fingerprint density at radius 2 is 2.11 bits per heavy atom. The van der Waals surface area contributed by atoms with Gasteiger partial charge in [0, 0.05) is 13.6 Å². The largest absolute Gasteiger partial charge is 0.480 e. The average Bonchev–Trinajstić information content (AvgIpc) is 2.65. The summed E-state index contributed by atoms with van der Waals surface area (Å²) in [6, 6.07) is -0.778. The molecule has 1 atom stereocenters. The summed E-state index contributed by atoms with van der Waals surface area (Å²) in [4.78, 5) is 25.0. The molecule has 0 saturated carbocycles. The van der Waals surface area contributed by atoms with Crippen molar-refractivity contribution in [2.45, 2.75) is 32.2 Å². The third kappa shape index (κ3) is 2.45. The highest BCUT2D eigenvalue weighted by Gasteiger charge is 2.34. The Labute approximate surface area is 115 Å². The van der Waals surface area contributed by atoms with Gasteiger partial charge in [0.05, 0.1) is 10.7 Å². The van der Waals surface area contributed by atoms with Crippen molar-refractivity contribution in [3.63, 3.8) is 0 Å². The SMILES string of the molecule is Cc1c(Cl)c(C(=O)N2CCCCC2C(=O)O)nn1C. The second kappa shape index (κ2) is 5.21. The summed E-state index contributed by atoms with van der Waals surface area (Å²) >= 11 is 6.08. The zero-order valence-corrected chi connectivity index (χ0v) is 11.6. The van der Waals surface area contributed by atoms with Crippen molar-refractivity contribution in [3.05, 3.63) is 16.4 Å². The molecule has 1 aliphatic rings. The van der Waals surface area contributed by atoms with Crippen molar-refractivity contribution in [2.24, 2.45) is 7.05 Å². The lowest BCUT2D eigenvalue weighted by atomic mass is 10.0. The number of rotatable bonds is 2. The molecule has 1 aliphatic heterocycles. The molecule has 0 bridgehead atoms. The minimum atomic E-state index is -0.975. The van der Waals surface area contributed by atoms with Gasteiger partial charge < -0.3 is 10.0 Å². The summed E-state index contributed by atoms with van der Waals surface area (Å²) < 4.78 is 1.52. The number of carboxylic acids is 1. The second-order valence-electron chi connectivity index (χ2n) is 4.72. The first-order valence-electron chi connectivity index (χ1n) is 6.16. The minimum absolute atomic E-state index is 0.134. The van der Waals surface area contributed by atoms with Gasteiger partial charge >= 0.3 is 5.97 Å². The minimum Gasteiger partial charge on any atom is -0.480 e. The topological polar surface area (TPSA) is 75.4 Å². The Kier molecular flexibility index (Phi) is 3.80. The van der Waals surface area contributed by atoms with Crippen LogP contribution in [0.15, 0.2) is 0 Å². The van der Waals surface area contributed by atoms with Crippen LogP contribution in [0.5, 0.6) is 0 Å². The summed E-state index contributed by atoms with van der Waals surface area (Å²) in [5, 5.41) is 13.6. The van der Waals surface area contributed by atoms with Crippen molar-refractivity contribution >= 4 is 23.5 Å². The molecule has 1 saturated heterocycles. The molecule has 7 heteroatoms. The van der Waals surface area contributed by atoms with E-state index < -0.39 is 17.9 Å². The van der Waals surface area contributed by atoms with Crippen LogP contribution < -0.4 is 0 Å². The summed E-state index contributed by atoms with van der Waals surface area (Å²) in [7, 11) is 1.70. The maximum absolute atomic E-state index is 12.4. The van der Waals surface area contributed by atoms with Gasteiger partial charge in [0.25, 0.3) is 5.91 Å². The number of aromatic nitrogens is 2. The number of carbonyl (C=O) groups excluding carboxylic acids is 1. The third-order valence-corrected chi connectivity index (χ3v) is 3.96. The molecule has 19 heavy (non-hydrogen) atoms. The van der Waals surface area contributed by atoms with Gasteiger partial charge in [-0.3, -0.25) is 9.48 Å². The van der Waals surface area contributed by atoms with E-state index in [1.54, 1.807) is 14.0 Å². The van der Waals surface area contributed by atoms with Crippen LogP contribution in [0.25, 0.3) is 0 Å². The maximum Gasteiger partial charge on any atom is 0.326 e. The van der Waals surface area contributed by atoms with Gasteiger partial charge in [0.15, 0.2) is 5.69 Å². The van der Waals surface area contributed by atoms with Gasteiger partial charge in [0.1, 0.15) is 6.04 Å². The molecule has 2 heterocycles. The lowest BCUT2D eigenvalue weighted by Crippen LogP contribution is -2.48. The third-order valence-electron chi connectivity index (χ3n) is 3.51. The van der Waals surface area contributed by atoms with Crippen molar-refractivity contribution in [3.8, 4) is 0 Å². The van der Waals surface area contributed by atoms with E-state index in [-0.39, 0.29) is 5.69 Å². The van der Waals surface area contributed by atoms with Crippen molar-refractivity contribution in [1.82, 2.24) is 14.7 Å². The molecule has 1 aromatic rings. The Balaban J connectivity index is 2.31. The predicted octanol–water partition coefficient (Wildman–Crippen LogP) is 1.46. The van der Waals surface area contributed by atoms with E-state index in [9.17, 15) is 14.7 Å². The van der Waals surface area contributed by atoms with Gasteiger partial charge in [-0.05, 0) is 26.2 Å². The van der Waals surface area contributed by atoms with E-state index in [1.165, 1.54) is 9.58 Å².